The van der Waals surface area contributed by atoms with Crippen LogP contribution in [-0.4, -0.2) is 19.2 Å². The third-order valence-electron chi connectivity index (χ3n) is 4.16. The Morgan fingerprint density at radius 1 is 1.35 bits per heavy atom. The molecule has 3 rings (SSSR count). The predicted molar refractivity (Wildman–Crippen MR) is 68.7 cm³/mol. The molecule has 0 spiro atoms. The third kappa shape index (κ3) is 2.54. The Morgan fingerprint density at radius 2 is 2.15 bits per heavy atom. The van der Waals surface area contributed by atoms with Gasteiger partial charge in [-0.3, -0.25) is 0 Å². The van der Waals surface area contributed by atoms with Crippen LogP contribution in [0.4, 0.5) is 8.78 Å². The van der Waals surface area contributed by atoms with Crippen LogP contribution in [-0.2, 0) is 4.74 Å². The number of nitrogens with zero attached hydrogens (tertiary/aromatic N) is 1. The molecule has 0 unspecified atom stereocenters. The third-order valence-corrected chi connectivity index (χ3v) is 4.16. The molecule has 0 bridgehead atoms. The fourth-order valence-electron chi connectivity index (χ4n) is 2.62. The molecule has 2 aliphatic rings. The van der Waals surface area contributed by atoms with Crippen molar-refractivity contribution in [3.05, 3.63) is 35.4 Å². The van der Waals surface area contributed by atoms with E-state index >= 15 is 0 Å². The van der Waals surface area contributed by atoms with E-state index in [1.54, 1.807) is 6.07 Å². The SMILES string of the molecule is N#CC1(CN[C@@H]2CCO[C@H]2c2ccc(F)c(F)c2)CC1. The van der Waals surface area contributed by atoms with Crippen LogP contribution in [0.2, 0.25) is 0 Å². The van der Waals surface area contributed by atoms with E-state index in [9.17, 15) is 8.78 Å². The van der Waals surface area contributed by atoms with Gasteiger partial charge in [-0.25, -0.2) is 8.78 Å². The molecule has 1 aliphatic heterocycles. The molecule has 1 aromatic carbocycles. The van der Waals surface area contributed by atoms with Gasteiger partial charge >= 0.3 is 0 Å². The Morgan fingerprint density at radius 3 is 2.80 bits per heavy atom. The number of halogens is 2. The number of rotatable bonds is 4. The topological polar surface area (TPSA) is 45.0 Å². The van der Waals surface area contributed by atoms with Gasteiger partial charge in [-0.15, -0.1) is 0 Å². The number of hydrogen-bond donors (Lipinski definition) is 1. The zero-order chi connectivity index (χ0) is 14.2. The maximum Gasteiger partial charge on any atom is 0.159 e. The molecule has 1 saturated heterocycles. The Bertz CT molecular complexity index is 551. The van der Waals surface area contributed by atoms with Crippen LogP contribution in [0.1, 0.15) is 30.9 Å². The van der Waals surface area contributed by atoms with E-state index < -0.39 is 11.6 Å². The van der Waals surface area contributed by atoms with Crippen LogP contribution in [0.5, 0.6) is 0 Å². The highest BCUT2D eigenvalue weighted by molar-refractivity contribution is 5.22. The zero-order valence-corrected chi connectivity index (χ0v) is 11.0. The molecule has 1 heterocycles. The maximum absolute atomic E-state index is 13.3. The Balaban J connectivity index is 1.69. The minimum Gasteiger partial charge on any atom is -0.372 e. The average molecular weight is 278 g/mol. The van der Waals surface area contributed by atoms with Gasteiger partial charge in [0.2, 0.25) is 0 Å². The van der Waals surface area contributed by atoms with Crippen molar-refractivity contribution >= 4 is 0 Å². The predicted octanol–water partition coefficient (Wildman–Crippen LogP) is 2.69. The highest BCUT2D eigenvalue weighted by Crippen LogP contribution is 2.44. The van der Waals surface area contributed by atoms with E-state index in [1.807, 2.05) is 0 Å². The van der Waals surface area contributed by atoms with E-state index in [0.29, 0.717) is 18.7 Å². The molecular weight excluding hydrogens is 262 g/mol. The molecule has 106 valence electrons. The molecule has 1 N–H and O–H groups in total. The summed E-state index contributed by atoms with van der Waals surface area (Å²) in [5.74, 6) is -1.70. The largest absolute Gasteiger partial charge is 0.372 e. The first-order valence-corrected chi connectivity index (χ1v) is 6.85. The summed E-state index contributed by atoms with van der Waals surface area (Å²) >= 11 is 0. The lowest BCUT2D eigenvalue weighted by atomic mass is 10.0. The van der Waals surface area contributed by atoms with E-state index in [0.717, 1.165) is 25.3 Å². The normalized spacial score (nSPS) is 27.2. The molecule has 1 aromatic rings. The standard InChI is InChI=1S/C15H16F2N2O/c16-11-2-1-10(7-12(11)17)14-13(3-6-20-14)19-9-15(8-18)4-5-15/h1-2,7,13-14,19H,3-6,9H2/t13-,14+/m1/s1. The van der Waals surface area contributed by atoms with Crippen LogP contribution < -0.4 is 5.32 Å². The van der Waals surface area contributed by atoms with Gasteiger partial charge in [0.05, 0.1) is 17.6 Å². The molecule has 1 aliphatic carbocycles. The fourth-order valence-corrected chi connectivity index (χ4v) is 2.62. The van der Waals surface area contributed by atoms with E-state index in [1.165, 1.54) is 6.07 Å². The van der Waals surface area contributed by atoms with Gasteiger partial charge in [0, 0.05) is 19.2 Å². The Labute approximate surface area is 116 Å². The lowest BCUT2D eigenvalue weighted by Gasteiger charge is -2.21. The molecule has 5 heteroatoms. The maximum atomic E-state index is 13.3. The van der Waals surface area contributed by atoms with Crippen LogP contribution in [0, 0.1) is 28.4 Å². The average Bonchev–Trinajstić information content (AvgIpc) is 3.09. The smallest absolute Gasteiger partial charge is 0.159 e. The first-order chi connectivity index (χ1) is 9.63. The molecule has 20 heavy (non-hydrogen) atoms. The first-order valence-electron chi connectivity index (χ1n) is 6.85. The van der Waals surface area contributed by atoms with Gasteiger partial charge in [-0.1, -0.05) is 6.07 Å². The molecule has 0 aromatic heterocycles. The number of benzene rings is 1. The lowest BCUT2D eigenvalue weighted by Crippen LogP contribution is -2.35. The van der Waals surface area contributed by atoms with Crippen molar-refractivity contribution in [1.82, 2.24) is 5.32 Å². The van der Waals surface area contributed by atoms with E-state index in [-0.39, 0.29) is 17.6 Å². The first kappa shape index (κ1) is 13.5. The summed E-state index contributed by atoms with van der Waals surface area (Å²) in [7, 11) is 0. The number of ether oxygens (including phenoxy) is 1. The summed E-state index contributed by atoms with van der Waals surface area (Å²) in [5, 5.41) is 12.4. The number of nitrogens with one attached hydrogen (secondary N) is 1. The summed E-state index contributed by atoms with van der Waals surface area (Å²) in [6.07, 6.45) is 2.39. The van der Waals surface area contributed by atoms with Crippen molar-refractivity contribution in [2.45, 2.75) is 31.4 Å². The lowest BCUT2D eigenvalue weighted by molar-refractivity contribution is 0.0978. The van der Waals surface area contributed by atoms with Gasteiger partial charge in [0.25, 0.3) is 0 Å². The van der Waals surface area contributed by atoms with Crippen molar-refractivity contribution < 1.29 is 13.5 Å². The minimum atomic E-state index is -0.854. The van der Waals surface area contributed by atoms with Gasteiger partial charge in [0.1, 0.15) is 0 Å². The van der Waals surface area contributed by atoms with Crippen LogP contribution in [0.15, 0.2) is 18.2 Å². The molecule has 2 atom stereocenters. The summed E-state index contributed by atoms with van der Waals surface area (Å²) in [6.45, 7) is 1.22. The zero-order valence-electron chi connectivity index (χ0n) is 11.0. The molecule has 0 amide bonds. The summed E-state index contributed by atoms with van der Waals surface area (Å²) < 4.78 is 31.9. The second-order valence-electron chi connectivity index (χ2n) is 5.63. The van der Waals surface area contributed by atoms with Crippen molar-refractivity contribution in [1.29, 1.82) is 5.26 Å². The number of nitriles is 1. The van der Waals surface area contributed by atoms with Gasteiger partial charge in [0.15, 0.2) is 11.6 Å². The number of hydrogen-bond acceptors (Lipinski definition) is 3. The molecule has 1 saturated carbocycles. The Hall–Kier alpha value is -1.51. The second-order valence-corrected chi connectivity index (χ2v) is 5.63. The highest BCUT2D eigenvalue weighted by Gasteiger charge is 2.44. The molecule has 0 radical (unpaired) electrons. The van der Waals surface area contributed by atoms with E-state index in [4.69, 9.17) is 10.00 Å². The summed E-state index contributed by atoms with van der Waals surface area (Å²) in [4.78, 5) is 0. The van der Waals surface area contributed by atoms with Crippen molar-refractivity contribution in [2.75, 3.05) is 13.2 Å². The molecule has 3 nitrogen and oxygen atoms in total. The van der Waals surface area contributed by atoms with Crippen molar-refractivity contribution in [3.63, 3.8) is 0 Å². The van der Waals surface area contributed by atoms with Crippen LogP contribution >= 0.6 is 0 Å². The van der Waals surface area contributed by atoms with Crippen LogP contribution in [0.3, 0.4) is 0 Å². The van der Waals surface area contributed by atoms with Crippen LogP contribution in [0.25, 0.3) is 0 Å². The van der Waals surface area contributed by atoms with Gasteiger partial charge < -0.3 is 10.1 Å². The summed E-state index contributed by atoms with van der Waals surface area (Å²) in [5.41, 5.74) is 0.418. The van der Waals surface area contributed by atoms with E-state index in [2.05, 4.69) is 11.4 Å². The Kier molecular flexibility index (Phi) is 3.45. The van der Waals surface area contributed by atoms with Gasteiger partial charge in [-0.2, -0.15) is 5.26 Å². The summed E-state index contributed by atoms with van der Waals surface area (Å²) in [6, 6.07) is 6.26. The van der Waals surface area contributed by atoms with Crippen molar-refractivity contribution in [3.8, 4) is 6.07 Å². The fraction of sp³-hybridized carbons (Fsp3) is 0.533. The highest BCUT2D eigenvalue weighted by atomic mass is 19.2. The van der Waals surface area contributed by atoms with Gasteiger partial charge in [-0.05, 0) is 37.0 Å². The monoisotopic (exact) mass is 278 g/mol. The minimum absolute atomic E-state index is 0.0469. The molecule has 2 fully saturated rings. The molecular formula is C15H16F2N2O. The second kappa shape index (κ2) is 5.12. The van der Waals surface area contributed by atoms with Crippen molar-refractivity contribution in [2.24, 2.45) is 5.41 Å². The quantitative estimate of drug-likeness (QED) is 0.921.